The summed E-state index contributed by atoms with van der Waals surface area (Å²) in [6.45, 7) is 7.44. The van der Waals surface area contributed by atoms with Gasteiger partial charge in [-0.25, -0.2) is 5.01 Å². The summed E-state index contributed by atoms with van der Waals surface area (Å²) < 4.78 is 0. The first-order valence-corrected chi connectivity index (χ1v) is 3.14. The third-order valence-corrected chi connectivity index (χ3v) is 0.953. The number of hydrazine groups is 1. The zero-order chi connectivity index (χ0) is 6.57. The van der Waals surface area contributed by atoms with Crippen molar-refractivity contribution in [3.05, 3.63) is 0 Å². The molecule has 0 aliphatic carbocycles. The van der Waals surface area contributed by atoms with Crippen molar-refractivity contribution in [3.8, 4) is 0 Å². The molecule has 2 nitrogen and oxygen atoms in total. The van der Waals surface area contributed by atoms with Gasteiger partial charge in [-0.1, -0.05) is 6.92 Å². The Morgan fingerprint density at radius 3 is 2.12 bits per heavy atom. The molecule has 0 fully saturated rings. The fourth-order valence-electron chi connectivity index (χ4n) is 0.532. The minimum atomic E-state index is 0.556. The van der Waals surface area contributed by atoms with E-state index in [0.29, 0.717) is 6.04 Å². The number of rotatable bonds is 3. The van der Waals surface area contributed by atoms with Gasteiger partial charge in [-0.3, -0.25) is 5.43 Å². The van der Waals surface area contributed by atoms with Crippen LogP contribution in [0.15, 0.2) is 0 Å². The highest BCUT2D eigenvalue weighted by Crippen LogP contribution is 1.78. The molecule has 2 heteroatoms. The van der Waals surface area contributed by atoms with Gasteiger partial charge in [-0.05, 0) is 13.8 Å². The molecule has 0 aromatic carbocycles. The zero-order valence-corrected chi connectivity index (χ0v) is 6.23. The number of nitrogens with zero attached hydrogens (tertiary/aromatic N) is 1. The lowest BCUT2D eigenvalue weighted by atomic mass is 10.4. The van der Waals surface area contributed by atoms with Gasteiger partial charge in [0.15, 0.2) is 0 Å². The third kappa shape index (κ3) is 4.09. The summed E-state index contributed by atoms with van der Waals surface area (Å²) >= 11 is 0. The van der Waals surface area contributed by atoms with Crippen LogP contribution in [0, 0.1) is 0 Å². The molecule has 0 atom stereocenters. The van der Waals surface area contributed by atoms with Crippen LogP contribution < -0.4 is 5.43 Å². The smallest absolute Gasteiger partial charge is 0.0158 e. The minimum absolute atomic E-state index is 0.556. The summed E-state index contributed by atoms with van der Waals surface area (Å²) in [7, 11) is 2.04. The lowest BCUT2D eigenvalue weighted by Crippen LogP contribution is -2.38. The quantitative estimate of drug-likeness (QED) is 0.550. The molecule has 0 bridgehead atoms. The molecule has 0 heterocycles. The van der Waals surface area contributed by atoms with Crippen molar-refractivity contribution >= 4 is 0 Å². The molecule has 0 aliphatic rings. The number of hydrogen-bond donors (Lipinski definition) is 1. The van der Waals surface area contributed by atoms with E-state index in [9.17, 15) is 0 Å². The molecule has 50 valence electrons. The van der Waals surface area contributed by atoms with E-state index >= 15 is 0 Å². The van der Waals surface area contributed by atoms with Gasteiger partial charge in [0.25, 0.3) is 0 Å². The summed E-state index contributed by atoms with van der Waals surface area (Å²) in [6.07, 6.45) is 0. The lowest BCUT2D eigenvalue weighted by molar-refractivity contribution is 0.222. The van der Waals surface area contributed by atoms with E-state index in [2.05, 4.69) is 31.2 Å². The molecule has 0 unspecified atom stereocenters. The molecule has 0 saturated carbocycles. The fourth-order valence-corrected chi connectivity index (χ4v) is 0.532. The Morgan fingerprint density at radius 2 is 2.00 bits per heavy atom. The third-order valence-electron chi connectivity index (χ3n) is 0.953. The molecule has 0 spiro atoms. The van der Waals surface area contributed by atoms with E-state index in [4.69, 9.17) is 0 Å². The Hall–Kier alpha value is -0.0800. The highest BCUT2D eigenvalue weighted by molar-refractivity contribution is 4.46. The average molecular weight is 116 g/mol. The van der Waals surface area contributed by atoms with E-state index in [1.54, 1.807) is 0 Å². The first kappa shape index (κ1) is 7.92. The van der Waals surface area contributed by atoms with Crippen molar-refractivity contribution in [1.82, 2.24) is 10.4 Å². The Morgan fingerprint density at radius 1 is 1.50 bits per heavy atom. The second-order valence-corrected chi connectivity index (χ2v) is 2.30. The van der Waals surface area contributed by atoms with Gasteiger partial charge in [-0.15, -0.1) is 0 Å². The Bertz CT molecular complexity index is 52.5. The SMILES string of the molecule is CCN(C)NC(C)C. The van der Waals surface area contributed by atoms with Gasteiger partial charge in [0.2, 0.25) is 0 Å². The van der Waals surface area contributed by atoms with Crippen molar-refractivity contribution in [1.29, 1.82) is 0 Å². The van der Waals surface area contributed by atoms with Crippen molar-refractivity contribution in [2.24, 2.45) is 0 Å². The molecule has 1 N–H and O–H groups in total. The van der Waals surface area contributed by atoms with Gasteiger partial charge in [0.1, 0.15) is 0 Å². The van der Waals surface area contributed by atoms with Crippen LogP contribution in [0.3, 0.4) is 0 Å². The minimum Gasteiger partial charge on any atom is -0.253 e. The van der Waals surface area contributed by atoms with Crippen LogP contribution >= 0.6 is 0 Å². The van der Waals surface area contributed by atoms with Crippen molar-refractivity contribution in [2.75, 3.05) is 13.6 Å². The van der Waals surface area contributed by atoms with E-state index in [0.717, 1.165) is 6.54 Å². The van der Waals surface area contributed by atoms with Crippen LogP contribution in [-0.4, -0.2) is 24.6 Å². The van der Waals surface area contributed by atoms with Gasteiger partial charge < -0.3 is 0 Å². The summed E-state index contributed by atoms with van der Waals surface area (Å²) in [6, 6.07) is 0.556. The molecule has 0 rings (SSSR count). The molecule has 0 aromatic heterocycles. The number of nitrogens with one attached hydrogen (secondary N) is 1. The Labute approximate surface area is 51.8 Å². The van der Waals surface area contributed by atoms with Crippen LogP contribution in [-0.2, 0) is 0 Å². The largest absolute Gasteiger partial charge is 0.253 e. The maximum Gasteiger partial charge on any atom is 0.0158 e. The van der Waals surface area contributed by atoms with Gasteiger partial charge in [0.05, 0.1) is 0 Å². The van der Waals surface area contributed by atoms with E-state index < -0.39 is 0 Å². The van der Waals surface area contributed by atoms with Crippen LogP contribution in [0.5, 0.6) is 0 Å². The fraction of sp³-hybridized carbons (Fsp3) is 1.00. The molecule has 8 heavy (non-hydrogen) atoms. The van der Waals surface area contributed by atoms with Crippen molar-refractivity contribution in [2.45, 2.75) is 26.8 Å². The van der Waals surface area contributed by atoms with Gasteiger partial charge in [-0.2, -0.15) is 0 Å². The molecule has 0 aromatic rings. The highest BCUT2D eigenvalue weighted by Gasteiger charge is 1.93. The number of hydrogen-bond acceptors (Lipinski definition) is 2. The summed E-state index contributed by atoms with van der Waals surface area (Å²) in [5, 5.41) is 2.07. The van der Waals surface area contributed by atoms with Gasteiger partial charge >= 0.3 is 0 Å². The molecule has 0 amide bonds. The van der Waals surface area contributed by atoms with Gasteiger partial charge in [0, 0.05) is 19.6 Å². The standard InChI is InChI=1S/C6H16N2/c1-5-8(4)7-6(2)3/h6-7H,5H2,1-4H3. The van der Waals surface area contributed by atoms with E-state index in [-0.39, 0.29) is 0 Å². The summed E-state index contributed by atoms with van der Waals surface area (Å²) in [5.41, 5.74) is 3.23. The maximum absolute atomic E-state index is 3.23. The normalized spacial score (nSPS) is 11.2. The second kappa shape index (κ2) is 3.87. The van der Waals surface area contributed by atoms with E-state index in [1.165, 1.54) is 0 Å². The predicted octanol–water partition coefficient (Wildman–Crippen LogP) is 0.851. The Kier molecular flexibility index (Phi) is 3.83. The van der Waals surface area contributed by atoms with Crippen LogP contribution in [0.4, 0.5) is 0 Å². The molecule has 0 aliphatic heterocycles. The second-order valence-electron chi connectivity index (χ2n) is 2.30. The highest BCUT2D eigenvalue weighted by atomic mass is 15.5. The Balaban J connectivity index is 3.10. The predicted molar refractivity (Wildman–Crippen MR) is 36.6 cm³/mol. The average Bonchev–Trinajstić information content (AvgIpc) is 1.65. The van der Waals surface area contributed by atoms with E-state index in [1.807, 2.05) is 7.05 Å². The topological polar surface area (TPSA) is 15.3 Å². The van der Waals surface area contributed by atoms with Crippen LogP contribution in [0.25, 0.3) is 0 Å². The maximum atomic E-state index is 3.23. The zero-order valence-electron chi connectivity index (χ0n) is 6.23. The lowest BCUT2D eigenvalue weighted by Gasteiger charge is -2.18. The monoisotopic (exact) mass is 116 g/mol. The van der Waals surface area contributed by atoms with Crippen molar-refractivity contribution in [3.63, 3.8) is 0 Å². The molecular weight excluding hydrogens is 100 g/mol. The first-order valence-electron chi connectivity index (χ1n) is 3.14. The van der Waals surface area contributed by atoms with Crippen molar-refractivity contribution < 1.29 is 0 Å². The summed E-state index contributed by atoms with van der Waals surface area (Å²) in [5.74, 6) is 0. The summed E-state index contributed by atoms with van der Waals surface area (Å²) in [4.78, 5) is 0. The first-order chi connectivity index (χ1) is 3.66. The van der Waals surface area contributed by atoms with Crippen LogP contribution in [0.2, 0.25) is 0 Å². The molecule has 0 saturated heterocycles. The molecular formula is C6H16N2. The van der Waals surface area contributed by atoms with Crippen LogP contribution in [0.1, 0.15) is 20.8 Å². The molecule has 0 radical (unpaired) electrons.